The third-order valence-corrected chi connectivity index (χ3v) is 5.66. The van der Waals surface area contributed by atoms with Gasteiger partial charge in [0.15, 0.2) is 0 Å². The maximum absolute atomic E-state index is 12.5. The smallest absolute Gasteiger partial charge is 0.364 e. The van der Waals surface area contributed by atoms with Crippen LogP contribution >= 0.6 is 0 Å². The summed E-state index contributed by atoms with van der Waals surface area (Å²) in [5, 5.41) is 9.28. The van der Waals surface area contributed by atoms with Gasteiger partial charge in [-0.3, -0.25) is 4.98 Å². The van der Waals surface area contributed by atoms with Crippen molar-refractivity contribution >= 4 is 16.9 Å². The van der Waals surface area contributed by atoms with E-state index < -0.39 is 5.97 Å². The minimum atomic E-state index is -0.589. The zero-order valence-electron chi connectivity index (χ0n) is 19.9. The Kier molecular flexibility index (Phi) is 6.57. The normalized spacial score (nSPS) is 10.8. The summed E-state index contributed by atoms with van der Waals surface area (Å²) < 4.78 is 18.0. The van der Waals surface area contributed by atoms with Gasteiger partial charge in [-0.1, -0.05) is 47.7 Å². The lowest BCUT2D eigenvalue weighted by molar-refractivity contribution is 0.0516. The van der Waals surface area contributed by atoms with Crippen LogP contribution in [-0.2, 0) is 11.3 Å². The number of carbonyl (C=O) groups is 1. The molecule has 8 heteroatoms. The number of carbonyl (C=O) groups excluding carboxylic acids is 1. The average Bonchev–Trinajstić information content (AvgIpc) is 3.31. The molecule has 0 aliphatic carbocycles. The van der Waals surface area contributed by atoms with E-state index in [9.17, 15) is 4.79 Å². The fourth-order valence-corrected chi connectivity index (χ4v) is 3.81. The number of aromatic nitrogens is 4. The van der Waals surface area contributed by atoms with Crippen molar-refractivity contribution in [3.8, 4) is 28.5 Å². The van der Waals surface area contributed by atoms with Gasteiger partial charge in [0, 0.05) is 11.6 Å². The van der Waals surface area contributed by atoms with Crippen molar-refractivity contribution in [2.45, 2.75) is 13.5 Å². The third kappa shape index (κ3) is 4.88. The van der Waals surface area contributed by atoms with Gasteiger partial charge in [-0.25, -0.2) is 9.48 Å². The molecule has 36 heavy (non-hydrogen) atoms. The first kappa shape index (κ1) is 23.0. The molecule has 0 radical (unpaired) electrons. The third-order valence-electron chi connectivity index (χ3n) is 5.66. The molecule has 0 saturated carbocycles. The largest absolute Gasteiger partial charge is 0.497 e. The summed E-state index contributed by atoms with van der Waals surface area (Å²) in [6.45, 7) is 2.31. The Hall–Kier alpha value is -4.72. The van der Waals surface area contributed by atoms with Crippen molar-refractivity contribution < 1.29 is 19.0 Å². The molecule has 2 aromatic heterocycles. The van der Waals surface area contributed by atoms with Crippen molar-refractivity contribution in [3.63, 3.8) is 0 Å². The molecule has 2 heterocycles. The Morgan fingerprint density at radius 2 is 1.67 bits per heavy atom. The van der Waals surface area contributed by atoms with E-state index in [1.165, 1.54) is 4.68 Å². The van der Waals surface area contributed by atoms with Crippen LogP contribution in [-0.4, -0.2) is 39.7 Å². The molecule has 3 aromatic carbocycles. The van der Waals surface area contributed by atoms with Crippen LogP contribution in [0.5, 0.6) is 17.4 Å². The van der Waals surface area contributed by atoms with Crippen LogP contribution in [0.4, 0.5) is 0 Å². The van der Waals surface area contributed by atoms with E-state index in [1.807, 2.05) is 60.7 Å². The van der Waals surface area contributed by atoms with Gasteiger partial charge in [0.05, 0.1) is 25.8 Å². The summed E-state index contributed by atoms with van der Waals surface area (Å²) in [6, 6.07) is 25.3. The molecule has 180 valence electrons. The number of ether oxygens (including phenoxy) is 3. The summed E-state index contributed by atoms with van der Waals surface area (Å²) >= 11 is 0. The number of methoxy groups -OCH3 is 1. The Bertz CT molecular complexity index is 1490. The molecule has 0 spiro atoms. The summed E-state index contributed by atoms with van der Waals surface area (Å²) in [4.78, 5) is 16.9. The van der Waals surface area contributed by atoms with Gasteiger partial charge in [-0.15, -0.1) is 5.10 Å². The number of nitrogens with zero attached hydrogens (tertiary/aromatic N) is 4. The highest BCUT2D eigenvalue weighted by Gasteiger charge is 2.23. The Labute approximate surface area is 208 Å². The molecule has 0 bridgehead atoms. The molecular formula is C28H24N4O4. The lowest BCUT2D eigenvalue weighted by Crippen LogP contribution is -2.09. The van der Waals surface area contributed by atoms with E-state index in [4.69, 9.17) is 14.2 Å². The standard InChI is InChI=1S/C28H24N4O4/c1-3-35-28(33)26-27(32(31-30-26)18-19-6-12-23(34-2)13-7-19)36-24-14-10-20(11-15-24)22-9-8-21-5-4-16-29-25(21)17-22/h4-17H,3,18H2,1-2H3. The van der Waals surface area contributed by atoms with Gasteiger partial charge in [-0.2, -0.15) is 0 Å². The highest BCUT2D eigenvalue weighted by atomic mass is 16.5. The molecule has 0 fully saturated rings. The second kappa shape index (κ2) is 10.3. The van der Waals surface area contributed by atoms with Gasteiger partial charge < -0.3 is 14.2 Å². The SMILES string of the molecule is CCOC(=O)c1nnn(Cc2ccc(OC)cc2)c1Oc1ccc(-c2ccc3cccnc3c2)cc1. The summed E-state index contributed by atoms with van der Waals surface area (Å²) in [5.74, 6) is 0.922. The van der Waals surface area contributed by atoms with E-state index in [0.717, 1.165) is 33.3 Å². The first-order valence-corrected chi connectivity index (χ1v) is 11.5. The minimum Gasteiger partial charge on any atom is -0.497 e. The van der Waals surface area contributed by atoms with E-state index in [2.05, 4.69) is 33.5 Å². The maximum atomic E-state index is 12.5. The van der Waals surface area contributed by atoms with Crippen LogP contribution in [0.1, 0.15) is 23.0 Å². The highest BCUT2D eigenvalue weighted by molar-refractivity contribution is 5.89. The number of rotatable bonds is 8. The summed E-state index contributed by atoms with van der Waals surface area (Å²) in [6.07, 6.45) is 1.79. The zero-order chi connectivity index (χ0) is 24.9. The number of esters is 1. The molecule has 0 N–H and O–H groups in total. The van der Waals surface area contributed by atoms with Crippen molar-refractivity contribution in [3.05, 3.63) is 96.3 Å². The van der Waals surface area contributed by atoms with Gasteiger partial charge in [0.2, 0.25) is 5.69 Å². The number of fused-ring (bicyclic) bond motifs is 1. The molecule has 5 aromatic rings. The van der Waals surface area contributed by atoms with Crippen LogP contribution in [0, 0.1) is 0 Å². The topological polar surface area (TPSA) is 88.4 Å². The van der Waals surface area contributed by atoms with Crippen LogP contribution in [0.15, 0.2) is 85.1 Å². The van der Waals surface area contributed by atoms with Crippen molar-refractivity contribution in [1.82, 2.24) is 20.0 Å². The van der Waals surface area contributed by atoms with Crippen LogP contribution < -0.4 is 9.47 Å². The second-order valence-electron chi connectivity index (χ2n) is 8.01. The minimum absolute atomic E-state index is 0.0232. The molecule has 5 rings (SSSR count). The molecule has 0 aliphatic heterocycles. The molecule has 0 saturated heterocycles. The van der Waals surface area contributed by atoms with Crippen LogP contribution in [0.25, 0.3) is 22.0 Å². The van der Waals surface area contributed by atoms with E-state index in [1.54, 1.807) is 20.2 Å². The van der Waals surface area contributed by atoms with Crippen molar-refractivity contribution in [1.29, 1.82) is 0 Å². The number of hydrogen-bond donors (Lipinski definition) is 0. The van der Waals surface area contributed by atoms with Crippen molar-refractivity contribution in [2.75, 3.05) is 13.7 Å². The van der Waals surface area contributed by atoms with Crippen LogP contribution in [0.3, 0.4) is 0 Å². The molecule has 0 aliphatic rings. The first-order chi connectivity index (χ1) is 17.6. The number of benzene rings is 3. The quantitative estimate of drug-likeness (QED) is 0.270. The molecule has 0 amide bonds. The van der Waals surface area contributed by atoms with E-state index in [-0.39, 0.29) is 18.2 Å². The monoisotopic (exact) mass is 480 g/mol. The zero-order valence-corrected chi connectivity index (χ0v) is 19.9. The van der Waals surface area contributed by atoms with Gasteiger partial charge >= 0.3 is 5.97 Å². The van der Waals surface area contributed by atoms with Gasteiger partial charge in [0.25, 0.3) is 5.88 Å². The Balaban J connectivity index is 1.42. The lowest BCUT2D eigenvalue weighted by atomic mass is 10.0. The Morgan fingerprint density at radius 1 is 0.917 bits per heavy atom. The fraction of sp³-hybridized carbons (Fsp3) is 0.143. The molecule has 0 atom stereocenters. The molecular weight excluding hydrogens is 456 g/mol. The number of pyridine rings is 1. The van der Waals surface area contributed by atoms with Crippen molar-refractivity contribution in [2.24, 2.45) is 0 Å². The highest BCUT2D eigenvalue weighted by Crippen LogP contribution is 2.29. The lowest BCUT2D eigenvalue weighted by Gasteiger charge is -2.11. The maximum Gasteiger partial charge on any atom is 0.364 e. The molecule has 8 nitrogen and oxygen atoms in total. The second-order valence-corrected chi connectivity index (χ2v) is 8.01. The molecule has 0 unspecified atom stereocenters. The predicted octanol–water partition coefficient (Wildman–Crippen LogP) is 5.52. The number of hydrogen-bond acceptors (Lipinski definition) is 7. The van der Waals surface area contributed by atoms with Crippen LogP contribution in [0.2, 0.25) is 0 Å². The first-order valence-electron chi connectivity index (χ1n) is 11.5. The predicted molar refractivity (Wildman–Crippen MR) is 135 cm³/mol. The van der Waals surface area contributed by atoms with E-state index >= 15 is 0 Å². The fourth-order valence-electron chi connectivity index (χ4n) is 3.81. The van der Waals surface area contributed by atoms with Gasteiger partial charge in [-0.05, 0) is 60.0 Å². The van der Waals surface area contributed by atoms with Gasteiger partial charge in [0.1, 0.15) is 11.5 Å². The Morgan fingerprint density at radius 3 is 2.42 bits per heavy atom. The van der Waals surface area contributed by atoms with E-state index in [0.29, 0.717) is 12.3 Å². The summed E-state index contributed by atoms with van der Waals surface area (Å²) in [5.41, 5.74) is 3.97. The average molecular weight is 481 g/mol. The summed E-state index contributed by atoms with van der Waals surface area (Å²) in [7, 11) is 1.62.